The van der Waals surface area contributed by atoms with Crippen LogP contribution in [-0.2, 0) is 14.0 Å². The van der Waals surface area contributed by atoms with E-state index in [-0.39, 0.29) is 7.32 Å². The maximum absolute atomic E-state index is 6.19. The second-order valence-electron chi connectivity index (χ2n) is 9.31. The molecular formula is C15H15BO3. The molecule has 3 nitrogen and oxygen atoms in total. The van der Waals surface area contributed by atoms with Gasteiger partial charge in [0.1, 0.15) is 0 Å². The fourth-order valence-corrected chi connectivity index (χ4v) is 6.70. The lowest BCUT2D eigenvalue weighted by atomic mass is 10.1. The van der Waals surface area contributed by atoms with Crippen LogP contribution in [0.2, 0.25) is 0 Å². The summed E-state index contributed by atoms with van der Waals surface area (Å²) in [7, 11) is -0.296. The van der Waals surface area contributed by atoms with Gasteiger partial charge in [0.2, 0.25) is 0 Å². The van der Waals surface area contributed by atoms with Crippen molar-refractivity contribution >= 4 is 7.32 Å². The average Bonchev–Trinajstić information content (AvgIpc) is 3.07. The van der Waals surface area contributed by atoms with Crippen LogP contribution in [0, 0.1) is 51.8 Å². The minimum Gasteiger partial charge on any atom is -0.382 e. The van der Waals surface area contributed by atoms with Crippen molar-refractivity contribution in [2.24, 2.45) is 51.8 Å². The SMILES string of the molecule is C1C2C3C(OB(OC4C5C6CC645)OC4C5C6CC645)C123. The molecule has 12 atom stereocenters. The number of hydrogen-bond acceptors (Lipinski definition) is 3. The Bertz CT molecular complexity index is 553. The normalized spacial score (nSPS) is 88.1. The van der Waals surface area contributed by atoms with E-state index in [1.807, 2.05) is 0 Å². The van der Waals surface area contributed by atoms with E-state index >= 15 is 0 Å². The van der Waals surface area contributed by atoms with Crippen LogP contribution >= 0.6 is 0 Å². The van der Waals surface area contributed by atoms with E-state index in [2.05, 4.69) is 0 Å². The number of rotatable bonds is 6. The van der Waals surface area contributed by atoms with Gasteiger partial charge in [0.25, 0.3) is 0 Å². The lowest BCUT2D eigenvalue weighted by Gasteiger charge is -2.18. The minimum atomic E-state index is -0.296. The van der Waals surface area contributed by atoms with Crippen LogP contribution in [0.15, 0.2) is 0 Å². The quantitative estimate of drug-likeness (QED) is 0.664. The molecule has 0 radical (unpaired) electrons. The van der Waals surface area contributed by atoms with Crippen LogP contribution < -0.4 is 0 Å². The van der Waals surface area contributed by atoms with E-state index in [9.17, 15) is 0 Å². The third-order valence-electron chi connectivity index (χ3n) is 9.16. The molecule has 0 aromatic heterocycles. The molecule has 19 heavy (non-hydrogen) atoms. The zero-order valence-corrected chi connectivity index (χ0v) is 10.6. The van der Waals surface area contributed by atoms with Crippen molar-refractivity contribution in [2.45, 2.75) is 37.6 Å². The Morgan fingerprint density at radius 2 is 0.947 bits per heavy atom. The summed E-state index contributed by atoms with van der Waals surface area (Å²) in [5.74, 6) is 5.92. The van der Waals surface area contributed by atoms with Gasteiger partial charge < -0.3 is 14.0 Å². The lowest BCUT2D eigenvalue weighted by Crippen LogP contribution is -2.34. The Hall–Kier alpha value is -0.0551. The largest absolute Gasteiger partial charge is 0.640 e. The second-order valence-corrected chi connectivity index (χ2v) is 9.31. The van der Waals surface area contributed by atoms with Crippen molar-refractivity contribution in [1.82, 2.24) is 0 Å². The molecule has 96 valence electrons. The molecule has 9 fully saturated rings. The van der Waals surface area contributed by atoms with E-state index < -0.39 is 0 Å². The molecule has 0 saturated heterocycles. The van der Waals surface area contributed by atoms with E-state index in [1.54, 1.807) is 0 Å². The molecule has 0 bridgehead atoms. The summed E-state index contributed by atoms with van der Waals surface area (Å²) in [5.41, 5.74) is 2.01. The molecule has 0 aliphatic heterocycles. The Labute approximate surface area is 111 Å². The van der Waals surface area contributed by atoms with Crippen LogP contribution in [0.25, 0.3) is 0 Å². The van der Waals surface area contributed by atoms with E-state index in [4.69, 9.17) is 14.0 Å². The van der Waals surface area contributed by atoms with Crippen molar-refractivity contribution < 1.29 is 14.0 Å². The molecule has 9 aliphatic rings. The summed E-state index contributed by atoms with van der Waals surface area (Å²) >= 11 is 0. The molecule has 0 heterocycles. The van der Waals surface area contributed by atoms with Gasteiger partial charge in [0.05, 0.1) is 18.3 Å². The van der Waals surface area contributed by atoms with Gasteiger partial charge in [-0.15, -0.1) is 0 Å². The van der Waals surface area contributed by atoms with E-state index in [1.165, 1.54) is 19.3 Å². The zero-order chi connectivity index (χ0) is 11.5. The lowest BCUT2D eigenvalue weighted by molar-refractivity contribution is 0.0382. The van der Waals surface area contributed by atoms with Gasteiger partial charge >= 0.3 is 7.32 Å². The highest BCUT2D eigenvalue weighted by atomic mass is 16.8. The number of fused-ring (bicyclic) bond motifs is 3. The fourth-order valence-electron chi connectivity index (χ4n) is 6.70. The smallest absolute Gasteiger partial charge is 0.382 e. The molecule has 3 spiro atoms. The standard InChI is InChI=1S/C15H15BO3/c1-4-7-10(13(1,4)7)17-16(18-11-8-5-2-14(5,8)11)19-12-9-6-3-15(6,9)12/h4-12H,1-3H2. The highest BCUT2D eigenvalue weighted by Gasteiger charge is 3.02. The van der Waals surface area contributed by atoms with Crippen LogP contribution in [0.4, 0.5) is 0 Å². The first-order chi connectivity index (χ1) is 9.33. The van der Waals surface area contributed by atoms with Crippen molar-refractivity contribution in [3.8, 4) is 0 Å². The Kier molecular flexibility index (Phi) is 0.783. The molecule has 9 saturated carbocycles. The van der Waals surface area contributed by atoms with Gasteiger partial charge in [-0.1, -0.05) is 0 Å². The molecule has 9 rings (SSSR count). The first-order valence-corrected chi connectivity index (χ1v) is 8.30. The van der Waals surface area contributed by atoms with Crippen molar-refractivity contribution in [3.05, 3.63) is 0 Å². The summed E-state index contributed by atoms with van der Waals surface area (Å²) in [6.07, 6.45) is 5.87. The van der Waals surface area contributed by atoms with Crippen molar-refractivity contribution in [2.75, 3.05) is 0 Å². The molecule has 4 heteroatoms. The van der Waals surface area contributed by atoms with Crippen LogP contribution in [0.5, 0.6) is 0 Å². The predicted molar refractivity (Wildman–Crippen MR) is 62.5 cm³/mol. The van der Waals surface area contributed by atoms with Crippen molar-refractivity contribution in [3.63, 3.8) is 0 Å². The predicted octanol–water partition coefficient (Wildman–Crippen LogP) is 1.08. The topological polar surface area (TPSA) is 27.7 Å². The van der Waals surface area contributed by atoms with Crippen LogP contribution in [0.1, 0.15) is 19.3 Å². The third-order valence-corrected chi connectivity index (χ3v) is 9.16. The molecule has 0 aromatic rings. The first-order valence-electron chi connectivity index (χ1n) is 8.30. The highest BCUT2D eigenvalue weighted by Crippen LogP contribution is 3.00. The maximum Gasteiger partial charge on any atom is 0.640 e. The van der Waals surface area contributed by atoms with Gasteiger partial charge in [-0.25, -0.2) is 0 Å². The summed E-state index contributed by atoms with van der Waals surface area (Å²) in [4.78, 5) is 0. The first kappa shape index (κ1) is 8.40. The average molecular weight is 254 g/mol. The fraction of sp³-hybridized carbons (Fsp3) is 1.00. The minimum absolute atomic E-state index is 0.296. The Balaban J connectivity index is 0.969. The summed E-state index contributed by atoms with van der Waals surface area (Å²) in [6, 6.07) is 0. The van der Waals surface area contributed by atoms with Gasteiger partial charge in [-0.05, 0) is 54.8 Å². The second kappa shape index (κ2) is 1.77. The summed E-state index contributed by atoms with van der Waals surface area (Å²) in [5, 5.41) is 0. The van der Waals surface area contributed by atoms with Gasteiger partial charge in [0.15, 0.2) is 0 Å². The molecule has 9 aliphatic carbocycles. The zero-order valence-electron chi connectivity index (χ0n) is 10.6. The van der Waals surface area contributed by atoms with Crippen LogP contribution in [-0.4, -0.2) is 25.6 Å². The third kappa shape index (κ3) is 0.604. The number of hydrogen-bond donors (Lipinski definition) is 0. The van der Waals surface area contributed by atoms with E-state index in [0.717, 1.165) is 35.5 Å². The highest BCUT2D eigenvalue weighted by molar-refractivity contribution is 6.37. The molecule has 0 amide bonds. The monoisotopic (exact) mass is 254 g/mol. The molecular weight excluding hydrogens is 239 g/mol. The van der Waals surface area contributed by atoms with Crippen molar-refractivity contribution in [1.29, 1.82) is 0 Å². The molecule has 0 aromatic carbocycles. The molecule has 0 N–H and O–H groups in total. The molecule has 12 unspecified atom stereocenters. The Morgan fingerprint density at radius 1 is 0.632 bits per heavy atom. The van der Waals surface area contributed by atoms with Gasteiger partial charge in [0, 0.05) is 16.2 Å². The maximum atomic E-state index is 6.19. The Morgan fingerprint density at radius 3 is 1.16 bits per heavy atom. The van der Waals surface area contributed by atoms with Gasteiger partial charge in [-0.3, -0.25) is 0 Å². The van der Waals surface area contributed by atoms with Gasteiger partial charge in [-0.2, -0.15) is 0 Å². The summed E-state index contributed by atoms with van der Waals surface area (Å²) in [6.45, 7) is 0. The summed E-state index contributed by atoms with van der Waals surface area (Å²) < 4.78 is 18.6. The van der Waals surface area contributed by atoms with E-state index in [0.29, 0.717) is 34.6 Å². The van der Waals surface area contributed by atoms with Crippen LogP contribution in [0.3, 0.4) is 0 Å².